The third-order valence-corrected chi connectivity index (χ3v) is 4.75. The largest absolute Gasteiger partial charge is 0.242 e. The van der Waals surface area contributed by atoms with Crippen LogP contribution in [-0.2, 0) is 17.4 Å². The van der Waals surface area contributed by atoms with Crippen LogP contribution in [0.1, 0.15) is 44.4 Å². The predicted octanol–water partition coefficient (Wildman–Crippen LogP) is 3.28. The Hall–Kier alpha value is -1.18. The molecule has 0 bridgehead atoms. The molecule has 1 aromatic rings. The predicted molar refractivity (Wildman–Crippen MR) is 74.8 cm³/mol. The van der Waals surface area contributed by atoms with Gasteiger partial charge in [0, 0.05) is 6.04 Å². The molecule has 0 heterocycles. The fourth-order valence-corrected chi connectivity index (χ4v) is 2.96. The maximum Gasteiger partial charge on any atom is 0.187 e. The third kappa shape index (κ3) is 2.63. The van der Waals surface area contributed by atoms with E-state index < -0.39 is 11.0 Å². The zero-order chi connectivity index (χ0) is 13.3. The average molecular weight is 262 g/mol. The summed E-state index contributed by atoms with van der Waals surface area (Å²) < 4.78 is 15.1. The maximum atomic E-state index is 12.1. The Kier molecular flexibility index (Phi) is 3.56. The maximum absolute atomic E-state index is 12.1. The van der Waals surface area contributed by atoms with Crippen LogP contribution >= 0.6 is 0 Å². The lowest BCUT2D eigenvalue weighted by Gasteiger charge is -2.22. The Morgan fingerprint density at radius 2 is 2.17 bits per heavy atom. The number of aryl methyl sites for hydroxylation is 1. The quantitative estimate of drug-likeness (QED) is 0.815. The van der Waals surface area contributed by atoms with Gasteiger partial charge in [0.05, 0.1) is 22.3 Å². The molecule has 0 unspecified atom stereocenters. The number of benzene rings is 1. The zero-order valence-corrected chi connectivity index (χ0v) is 11.8. The highest BCUT2D eigenvalue weighted by Gasteiger charge is 2.27. The van der Waals surface area contributed by atoms with Gasteiger partial charge in [-0.05, 0) is 39.2 Å². The first-order valence-corrected chi connectivity index (χ1v) is 7.25. The summed E-state index contributed by atoms with van der Waals surface area (Å²) in [6.45, 7) is 12.9. The third-order valence-electron chi connectivity index (χ3n) is 3.14. The monoisotopic (exact) mass is 262 g/mol. The minimum Gasteiger partial charge on any atom is -0.242 e. The molecule has 0 aliphatic heterocycles. The second kappa shape index (κ2) is 4.83. The lowest BCUT2D eigenvalue weighted by Crippen LogP contribution is -2.35. The van der Waals surface area contributed by atoms with E-state index in [4.69, 9.17) is 6.57 Å². The van der Waals surface area contributed by atoms with E-state index in [0.29, 0.717) is 5.69 Å². The highest BCUT2D eigenvalue weighted by molar-refractivity contribution is 7.84. The molecule has 96 valence electrons. The van der Waals surface area contributed by atoms with Gasteiger partial charge in [0.1, 0.15) is 0 Å². The van der Waals surface area contributed by atoms with Crippen LogP contribution in [0.4, 0.5) is 5.69 Å². The molecule has 2 atom stereocenters. The number of nitrogens with one attached hydrogen (secondary N) is 1. The summed E-state index contributed by atoms with van der Waals surface area (Å²) in [6, 6.07) is 5.93. The van der Waals surface area contributed by atoms with Crippen molar-refractivity contribution < 1.29 is 4.21 Å². The molecule has 2 rings (SSSR count). The molecule has 1 aromatic carbocycles. The van der Waals surface area contributed by atoms with Crippen molar-refractivity contribution >= 4 is 16.7 Å². The molecule has 1 aliphatic carbocycles. The minimum atomic E-state index is -1.05. The van der Waals surface area contributed by atoms with Gasteiger partial charge in [-0.15, -0.1) is 0 Å². The molecule has 0 saturated carbocycles. The van der Waals surface area contributed by atoms with Crippen LogP contribution in [0, 0.1) is 6.57 Å². The van der Waals surface area contributed by atoms with E-state index in [1.807, 2.05) is 39.0 Å². The van der Waals surface area contributed by atoms with Crippen LogP contribution in [0.5, 0.6) is 0 Å². The summed E-state index contributed by atoms with van der Waals surface area (Å²) in [5.74, 6) is 0. The number of nitrogens with zero attached hydrogens (tertiary/aromatic N) is 1. The summed E-state index contributed by atoms with van der Waals surface area (Å²) in [6.07, 6.45) is 1.91. The zero-order valence-electron chi connectivity index (χ0n) is 11.0. The second-order valence-corrected chi connectivity index (χ2v) is 7.58. The van der Waals surface area contributed by atoms with Gasteiger partial charge in [-0.3, -0.25) is 0 Å². The Morgan fingerprint density at radius 3 is 2.78 bits per heavy atom. The van der Waals surface area contributed by atoms with Crippen molar-refractivity contribution in [2.24, 2.45) is 0 Å². The SMILES string of the molecule is [C-]#[N+]c1ccc2c(c1)CC[C@H]2N[S@](=O)C(C)(C)C. The van der Waals surface area contributed by atoms with Gasteiger partial charge in [0.2, 0.25) is 0 Å². The summed E-state index contributed by atoms with van der Waals surface area (Å²) in [7, 11) is -1.05. The fourth-order valence-electron chi connectivity index (χ4n) is 2.10. The first-order valence-electron chi connectivity index (χ1n) is 6.10. The molecule has 0 fully saturated rings. The smallest absolute Gasteiger partial charge is 0.187 e. The lowest BCUT2D eigenvalue weighted by molar-refractivity contribution is 0.596. The van der Waals surface area contributed by atoms with Crippen molar-refractivity contribution in [3.05, 3.63) is 40.7 Å². The van der Waals surface area contributed by atoms with E-state index in [1.54, 1.807) is 0 Å². The summed E-state index contributed by atoms with van der Waals surface area (Å²) >= 11 is 0. The standard InChI is InChI=1S/C14H18N2OS/c1-14(2,3)18(17)16-13-8-5-10-9-11(15-4)6-7-12(10)13/h6-7,9,13,16H,5,8H2,1-3H3/t13-,18-/m1/s1. The number of hydrogen-bond donors (Lipinski definition) is 1. The van der Waals surface area contributed by atoms with Gasteiger partial charge in [0.25, 0.3) is 0 Å². The average Bonchev–Trinajstić information content (AvgIpc) is 2.70. The van der Waals surface area contributed by atoms with Crippen molar-refractivity contribution in [3.8, 4) is 0 Å². The Morgan fingerprint density at radius 1 is 1.44 bits per heavy atom. The van der Waals surface area contributed by atoms with E-state index in [0.717, 1.165) is 12.8 Å². The van der Waals surface area contributed by atoms with Crippen LogP contribution < -0.4 is 4.72 Å². The molecule has 0 amide bonds. The Balaban J connectivity index is 2.18. The van der Waals surface area contributed by atoms with Gasteiger partial charge in [-0.2, -0.15) is 0 Å². The molecule has 0 spiro atoms. The highest BCUT2D eigenvalue weighted by Crippen LogP contribution is 2.34. The van der Waals surface area contributed by atoms with Crippen molar-refractivity contribution in [2.45, 2.75) is 44.4 Å². The molecule has 0 saturated heterocycles. The normalized spacial score (nSPS) is 20.2. The van der Waals surface area contributed by atoms with Crippen molar-refractivity contribution in [2.75, 3.05) is 0 Å². The first-order chi connectivity index (χ1) is 8.41. The van der Waals surface area contributed by atoms with Crippen LogP contribution in [0.15, 0.2) is 18.2 Å². The summed E-state index contributed by atoms with van der Waals surface area (Å²) in [5, 5.41) is 0. The van der Waals surface area contributed by atoms with Crippen molar-refractivity contribution in [1.82, 2.24) is 4.72 Å². The lowest BCUT2D eigenvalue weighted by atomic mass is 10.1. The number of rotatable bonds is 2. The molecular formula is C14H18N2OS. The highest BCUT2D eigenvalue weighted by atomic mass is 32.2. The van der Waals surface area contributed by atoms with E-state index in [1.165, 1.54) is 11.1 Å². The van der Waals surface area contributed by atoms with Crippen LogP contribution in [-0.4, -0.2) is 8.96 Å². The minimum absolute atomic E-state index is 0.153. The van der Waals surface area contributed by atoms with Crippen LogP contribution in [0.3, 0.4) is 0 Å². The fraction of sp³-hybridized carbons (Fsp3) is 0.500. The van der Waals surface area contributed by atoms with E-state index in [2.05, 4.69) is 9.57 Å². The van der Waals surface area contributed by atoms with E-state index in [-0.39, 0.29) is 10.8 Å². The van der Waals surface area contributed by atoms with Crippen molar-refractivity contribution in [3.63, 3.8) is 0 Å². The van der Waals surface area contributed by atoms with Crippen molar-refractivity contribution in [1.29, 1.82) is 0 Å². The molecule has 1 N–H and O–H groups in total. The second-order valence-electron chi connectivity index (χ2n) is 5.59. The van der Waals surface area contributed by atoms with Crippen LogP contribution in [0.25, 0.3) is 4.85 Å². The topological polar surface area (TPSA) is 33.5 Å². The van der Waals surface area contributed by atoms with Gasteiger partial charge in [-0.25, -0.2) is 13.8 Å². The molecule has 4 heteroatoms. The molecule has 3 nitrogen and oxygen atoms in total. The van der Waals surface area contributed by atoms with Gasteiger partial charge in [0.15, 0.2) is 5.69 Å². The Bertz CT molecular complexity index is 526. The van der Waals surface area contributed by atoms with E-state index >= 15 is 0 Å². The molecule has 1 aliphatic rings. The molecule has 0 radical (unpaired) electrons. The molecule has 0 aromatic heterocycles. The van der Waals surface area contributed by atoms with Crippen LogP contribution in [0.2, 0.25) is 0 Å². The van der Waals surface area contributed by atoms with Gasteiger partial charge >= 0.3 is 0 Å². The molecular weight excluding hydrogens is 244 g/mol. The van der Waals surface area contributed by atoms with Gasteiger partial charge < -0.3 is 0 Å². The van der Waals surface area contributed by atoms with E-state index in [9.17, 15) is 4.21 Å². The number of hydrogen-bond acceptors (Lipinski definition) is 1. The Labute approximate surface area is 111 Å². The summed E-state index contributed by atoms with van der Waals surface area (Å²) in [5.41, 5.74) is 3.10. The summed E-state index contributed by atoms with van der Waals surface area (Å²) in [4.78, 5) is 3.44. The van der Waals surface area contributed by atoms with Gasteiger partial charge in [-0.1, -0.05) is 23.8 Å². The molecule has 18 heavy (non-hydrogen) atoms. The first kappa shape index (κ1) is 13.3. The number of fused-ring (bicyclic) bond motifs is 1.